The molecule has 2 aliphatic carbocycles. The summed E-state index contributed by atoms with van der Waals surface area (Å²) in [6, 6.07) is 6.96. The number of aliphatic hydroxyl groups is 1. The highest BCUT2D eigenvalue weighted by molar-refractivity contribution is 5.56. The molecule has 1 aromatic carbocycles. The average molecular weight is 269 g/mol. The van der Waals surface area contributed by atoms with Gasteiger partial charge in [0.15, 0.2) is 0 Å². The smallest absolute Gasteiger partial charge is 0.138 e. The Hall–Kier alpha value is -1.32. The first kappa shape index (κ1) is 11.4. The number of aliphatic hydroxyl groups excluding tert-OH is 1. The molecule has 104 valence electrons. The van der Waals surface area contributed by atoms with E-state index in [1.165, 1.54) is 11.1 Å². The van der Waals surface area contributed by atoms with Crippen LogP contribution < -0.4 is 4.74 Å². The first-order valence-electron chi connectivity index (χ1n) is 7.57. The topological polar surface area (TPSA) is 32.7 Å². The van der Waals surface area contributed by atoms with Gasteiger partial charge in [0.25, 0.3) is 0 Å². The fraction of sp³-hybridized carbons (Fsp3) is 0.529. The number of benzene rings is 1. The van der Waals surface area contributed by atoms with E-state index >= 15 is 0 Å². The molecule has 1 saturated heterocycles. The predicted octanol–water partition coefficient (Wildman–Crippen LogP) is 1.49. The zero-order chi connectivity index (χ0) is 13.5. The second-order valence-electron chi connectivity index (χ2n) is 6.77. The third-order valence-electron chi connectivity index (χ3n) is 6.05. The van der Waals surface area contributed by atoms with E-state index in [1.807, 2.05) is 6.08 Å². The van der Waals surface area contributed by atoms with Crippen LogP contribution in [0.3, 0.4) is 0 Å². The van der Waals surface area contributed by atoms with E-state index in [0.717, 1.165) is 25.1 Å². The van der Waals surface area contributed by atoms with Crippen LogP contribution in [0.5, 0.6) is 5.75 Å². The van der Waals surface area contributed by atoms with E-state index in [9.17, 15) is 5.11 Å². The molecule has 0 aromatic heterocycles. The van der Waals surface area contributed by atoms with Gasteiger partial charge in [0.2, 0.25) is 0 Å². The van der Waals surface area contributed by atoms with Crippen LogP contribution >= 0.6 is 0 Å². The highest BCUT2D eigenvalue weighted by Crippen LogP contribution is 2.60. The third-order valence-corrected chi connectivity index (χ3v) is 6.05. The maximum Gasteiger partial charge on any atom is 0.138 e. The quantitative estimate of drug-likeness (QED) is 0.724. The third kappa shape index (κ3) is 1.08. The molecule has 1 N–H and O–H groups in total. The normalized spacial score (nSPS) is 44.1. The Morgan fingerprint density at radius 3 is 3.15 bits per heavy atom. The van der Waals surface area contributed by atoms with Crippen LogP contribution in [0.4, 0.5) is 0 Å². The Bertz CT molecular complexity index is 625. The molecule has 3 nitrogen and oxygen atoms in total. The molecule has 0 amide bonds. The van der Waals surface area contributed by atoms with Crippen LogP contribution in [0.25, 0.3) is 0 Å². The van der Waals surface area contributed by atoms with E-state index in [1.54, 1.807) is 0 Å². The van der Waals surface area contributed by atoms with Crippen molar-refractivity contribution in [2.45, 2.75) is 36.5 Å². The van der Waals surface area contributed by atoms with Crippen molar-refractivity contribution in [2.75, 3.05) is 13.6 Å². The molecule has 2 aliphatic heterocycles. The van der Waals surface area contributed by atoms with Gasteiger partial charge in [-0.3, -0.25) is 0 Å². The van der Waals surface area contributed by atoms with Crippen LogP contribution in [-0.4, -0.2) is 41.8 Å². The summed E-state index contributed by atoms with van der Waals surface area (Å²) in [5, 5.41) is 10.4. The molecule has 2 heterocycles. The fourth-order valence-electron chi connectivity index (χ4n) is 5.21. The molecular formula is C17H19NO2. The van der Waals surface area contributed by atoms with Gasteiger partial charge >= 0.3 is 0 Å². The Morgan fingerprint density at radius 2 is 2.25 bits per heavy atom. The number of hydrogen-bond donors (Lipinski definition) is 1. The van der Waals surface area contributed by atoms with E-state index in [4.69, 9.17) is 4.74 Å². The standard InChI is InChI=1S/C17H19NO2/c1-18-8-7-17-11-5-6-13(19)16(17)20-14-4-2-3-10(15(14)17)9-12(11)18/h2-6,11-13,16,19H,7-9H2,1H3/t11-,12+,13-,16-,17-/m0/s1. The lowest BCUT2D eigenvalue weighted by atomic mass is 9.53. The summed E-state index contributed by atoms with van der Waals surface area (Å²) in [5.41, 5.74) is 2.85. The number of likely N-dealkylation sites (N-methyl/N-ethyl adjacent to an activating group) is 1. The molecule has 2 bridgehead atoms. The second-order valence-corrected chi connectivity index (χ2v) is 6.77. The second kappa shape index (κ2) is 3.46. The number of piperidine rings is 1. The number of rotatable bonds is 0. The Labute approximate surface area is 118 Å². The Morgan fingerprint density at radius 1 is 1.35 bits per heavy atom. The molecule has 0 saturated carbocycles. The Kier molecular flexibility index (Phi) is 1.97. The summed E-state index contributed by atoms with van der Waals surface area (Å²) >= 11 is 0. The zero-order valence-electron chi connectivity index (χ0n) is 11.6. The van der Waals surface area contributed by atoms with Crippen molar-refractivity contribution < 1.29 is 9.84 Å². The van der Waals surface area contributed by atoms with E-state index in [2.05, 4.69) is 36.2 Å². The van der Waals surface area contributed by atoms with Crippen LogP contribution in [0.1, 0.15) is 17.5 Å². The van der Waals surface area contributed by atoms with Gasteiger partial charge in [-0.1, -0.05) is 24.3 Å². The average Bonchev–Trinajstić information content (AvgIpc) is 2.79. The number of nitrogens with zero attached hydrogens (tertiary/aromatic N) is 1. The Balaban J connectivity index is 1.83. The first-order chi connectivity index (χ1) is 9.72. The van der Waals surface area contributed by atoms with E-state index < -0.39 is 6.10 Å². The maximum atomic E-state index is 10.4. The van der Waals surface area contributed by atoms with Crippen molar-refractivity contribution in [3.05, 3.63) is 41.5 Å². The molecular weight excluding hydrogens is 250 g/mol. The van der Waals surface area contributed by atoms with Gasteiger partial charge in [-0.25, -0.2) is 0 Å². The molecule has 20 heavy (non-hydrogen) atoms. The summed E-state index contributed by atoms with van der Waals surface area (Å²) in [5.74, 6) is 1.49. The van der Waals surface area contributed by atoms with Gasteiger partial charge in [-0.05, 0) is 38.1 Å². The van der Waals surface area contributed by atoms with Gasteiger partial charge in [-0.2, -0.15) is 0 Å². The molecule has 3 heteroatoms. The minimum atomic E-state index is -0.478. The summed E-state index contributed by atoms with van der Waals surface area (Å²) in [4.78, 5) is 2.49. The van der Waals surface area contributed by atoms with Crippen molar-refractivity contribution in [3.8, 4) is 5.75 Å². The molecule has 5 atom stereocenters. The monoisotopic (exact) mass is 269 g/mol. The summed E-state index contributed by atoms with van der Waals surface area (Å²) in [6.07, 6.45) is 5.83. The molecule has 4 aliphatic rings. The number of ether oxygens (including phenoxy) is 1. The largest absolute Gasteiger partial charge is 0.486 e. The van der Waals surface area contributed by atoms with Gasteiger partial charge in [0.05, 0.1) is 0 Å². The molecule has 1 spiro atoms. The molecule has 5 rings (SSSR count). The van der Waals surface area contributed by atoms with Gasteiger partial charge < -0.3 is 14.7 Å². The minimum Gasteiger partial charge on any atom is -0.486 e. The van der Waals surface area contributed by atoms with Crippen molar-refractivity contribution >= 4 is 0 Å². The van der Waals surface area contributed by atoms with E-state index in [-0.39, 0.29) is 11.5 Å². The first-order valence-corrected chi connectivity index (χ1v) is 7.57. The maximum absolute atomic E-state index is 10.4. The SMILES string of the molecule is CN1CC[C@]23c4c5cccc4O[C@H]2[C@@H](O)C=C[C@H]3[C@H]1C5. The molecule has 1 aromatic rings. The lowest BCUT2D eigenvalue weighted by molar-refractivity contribution is -0.0450. The van der Waals surface area contributed by atoms with Gasteiger partial charge in [0, 0.05) is 22.9 Å². The number of hydrogen-bond acceptors (Lipinski definition) is 3. The highest BCUT2D eigenvalue weighted by atomic mass is 16.5. The highest BCUT2D eigenvalue weighted by Gasteiger charge is 2.63. The van der Waals surface area contributed by atoms with Crippen LogP contribution in [-0.2, 0) is 11.8 Å². The summed E-state index contributed by atoms with van der Waals surface area (Å²) in [7, 11) is 2.23. The van der Waals surface area contributed by atoms with Crippen molar-refractivity contribution in [3.63, 3.8) is 0 Å². The predicted molar refractivity (Wildman–Crippen MR) is 75.9 cm³/mol. The molecule has 1 fully saturated rings. The van der Waals surface area contributed by atoms with Gasteiger partial charge in [0.1, 0.15) is 18.0 Å². The lowest BCUT2D eigenvalue weighted by Crippen LogP contribution is -2.64. The lowest BCUT2D eigenvalue weighted by Gasteiger charge is -2.56. The number of likely N-dealkylation sites (tertiary alicyclic amines) is 1. The fourth-order valence-corrected chi connectivity index (χ4v) is 5.21. The van der Waals surface area contributed by atoms with Crippen LogP contribution in [0, 0.1) is 5.92 Å². The zero-order valence-corrected chi connectivity index (χ0v) is 11.6. The van der Waals surface area contributed by atoms with E-state index in [0.29, 0.717) is 12.0 Å². The van der Waals surface area contributed by atoms with Crippen LogP contribution in [0.15, 0.2) is 30.4 Å². The van der Waals surface area contributed by atoms with Crippen molar-refractivity contribution in [1.82, 2.24) is 4.90 Å². The van der Waals surface area contributed by atoms with Crippen LogP contribution in [0.2, 0.25) is 0 Å². The summed E-state index contributed by atoms with van der Waals surface area (Å²) < 4.78 is 6.21. The minimum absolute atomic E-state index is 0.00944. The van der Waals surface area contributed by atoms with Gasteiger partial charge in [-0.15, -0.1) is 0 Å². The summed E-state index contributed by atoms with van der Waals surface area (Å²) in [6.45, 7) is 1.09. The van der Waals surface area contributed by atoms with Crippen molar-refractivity contribution in [2.24, 2.45) is 5.92 Å². The van der Waals surface area contributed by atoms with Crippen molar-refractivity contribution in [1.29, 1.82) is 0 Å². The molecule has 0 radical (unpaired) electrons. The molecule has 0 unspecified atom stereocenters.